The fraction of sp³-hybridized carbons (Fsp3) is 0.636. The number of nitrogens with zero attached hydrogens (tertiary/aromatic N) is 2. The number of aromatic nitrogens is 2. The summed E-state index contributed by atoms with van der Waals surface area (Å²) < 4.78 is 0. The van der Waals surface area contributed by atoms with Crippen LogP contribution in [-0.4, -0.2) is 16.0 Å². The van der Waals surface area contributed by atoms with E-state index in [4.69, 9.17) is 11.5 Å². The number of nitrogens with one attached hydrogen (secondary N) is 1. The Hall–Kier alpha value is -1.52. The Labute approximate surface area is 95.6 Å². The lowest BCUT2D eigenvalue weighted by molar-refractivity contribution is 0.358. The Morgan fingerprint density at radius 2 is 2.12 bits per heavy atom. The zero-order valence-electron chi connectivity index (χ0n) is 9.61. The molecule has 5 nitrogen and oxygen atoms in total. The van der Waals surface area contributed by atoms with Gasteiger partial charge >= 0.3 is 0 Å². The maximum Gasteiger partial charge on any atom is 0.155 e. The van der Waals surface area contributed by atoms with E-state index in [-0.39, 0.29) is 0 Å². The summed E-state index contributed by atoms with van der Waals surface area (Å²) in [7, 11) is 0. The first kappa shape index (κ1) is 11.0. The number of hydrogen-bond donors (Lipinski definition) is 3. The van der Waals surface area contributed by atoms with Gasteiger partial charge in [0, 0.05) is 6.04 Å². The molecule has 1 aliphatic carbocycles. The molecule has 1 fully saturated rings. The quantitative estimate of drug-likeness (QED) is 0.706. The van der Waals surface area contributed by atoms with E-state index in [9.17, 15) is 0 Å². The minimum atomic E-state index is 0.348. The van der Waals surface area contributed by atoms with Gasteiger partial charge in [0.25, 0.3) is 0 Å². The molecule has 5 heteroatoms. The maximum absolute atomic E-state index is 5.82. The Bertz CT molecular complexity index is 365. The van der Waals surface area contributed by atoms with Crippen LogP contribution >= 0.6 is 0 Å². The fourth-order valence-corrected chi connectivity index (χ4v) is 2.28. The van der Waals surface area contributed by atoms with E-state index >= 15 is 0 Å². The van der Waals surface area contributed by atoms with E-state index in [1.165, 1.54) is 32.0 Å². The molecule has 0 amide bonds. The molecule has 0 aromatic carbocycles. The lowest BCUT2D eigenvalue weighted by Crippen LogP contribution is -2.27. The van der Waals surface area contributed by atoms with Gasteiger partial charge in [0.1, 0.15) is 12.0 Å². The van der Waals surface area contributed by atoms with Gasteiger partial charge in [-0.15, -0.1) is 0 Å². The largest absolute Gasteiger partial charge is 0.393 e. The van der Waals surface area contributed by atoms with Gasteiger partial charge in [-0.1, -0.05) is 19.8 Å². The number of nitrogen functional groups attached to an aromatic ring is 2. The first-order chi connectivity index (χ1) is 7.66. The van der Waals surface area contributed by atoms with Gasteiger partial charge in [0.05, 0.1) is 0 Å². The maximum atomic E-state index is 5.82. The van der Waals surface area contributed by atoms with E-state index in [0.717, 1.165) is 5.92 Å². The van der Waals surface area contributed by atoms with Crippen molar-refractivity contribution in [3.63, 3.8) is 0 Å². The van der Waals surface area contributed by atoms with Crippen LogP contribution in [0.2, 0.25) is 0 Å². The van der Waals surface area contributed by atoms with Crippen LogP contribution in [0.4, 0.5) is 17.3 Å². The Balaban J connectivity index is 2.05. The van der Waals surface area contributed by atoms with Crippen molar-refractivity contribution in [2.24, 2.45) is 5.92 Å². The predicted molar refractivity (Wildman–Crippen MR) is 65.9 cm³/mol. The molecule has 1 saturated carbocycles. The highest BCUT2D eigenvalue weighted by molar-refractivity contribution is 5.72. The van der Waals surface area contributed by atoms with Crippen LogP contribution in [-0.2, 0) is 0 Å². The molecular formula is C11H19N5. The minimum Gasteiger partial charge on any atom is -0.393 e. The fourth-order valence-electron chi connectivity index (χ4n) is 2.28. The first-order valence-electron chi connectivity index (χ1n) is 5.79. The van der Waals surface area contributed by atoms with Crippen LogP contribution in [0.25, 0.3) is 0 Å². The van der Waals surface area contributed by atoms with Gasteiger partial charge in [-0.25, -0.2) is 9.97 Å². The average Bonchev–Trinajstić information content (AvgIpc) is 2.25. The minimum absolute atomic E-state index is 0.348. The molecule has 0 saturated heterocycles. The molecule has 1 aromatic rings. The third kappa shape index (κ3) is 2.35. The van der Waals surface area contributed by atoms with Crippen molar-refractivity contribution >= 4 is 17.3 Å². The summed E-state index contributed by atoms with van der Waals surface area (Å²) in [5.74, 6) is 1.79. The average molecular weight is 221 g/mol. The number of hydrogen-bond acceptors (Lipinski definition) is 5. The topological polar surface area (TPSA) is 89.8 Å². The molecule has 88 valence electrons. The predicted octanol–water partition coefficient (Wildman–Crippen LogP) is 1.63. The van der Waals surface area contributed by atoms with Crippen LogP contribution in [0.1, 0.15) is 32.6 Å². The third-order valence-electron chi connectivity index (χ3n) is 3.19. The summed E-state index contributed by atoms with van der Waals surface area (Å²) in [6.45, 7) is 2.28. The molecule has 1 aliphatic rings. The Morgan fingerprint density at radius 3 is 2.88 bits per heavy atom. The highest BCUT2D eigenvalue weighted by Gasteiger charge is 2.19. The first-order valence-corrected chi connectivity index (χ1v) is 5.79. The number of rotatable bonds is 2. The summed E-state index contributed by atoms with van der Waals surface area (Å²) in [5, 5.41) is 3.36. The molecule has 2 rings (SSSR count). The Kier molecular flexibility index (Phi) is 3.12. The lowest BCUT2D eigenvalue weighted by Gasteiger charge is -2.28. The summed E-state index contributed by atoms with van der Waals surface area (Å²) >= 11 is 0. The molecule has 0 spiro atoms. The second-order valence-corrected chi connectivity index (χ2v) is 4.63. The summed E-state index contributed by atoms with van der Waals surface area (Å²) in [6.07, 6.45) is 6.37. The van der Waals surface area contributed by atoms with E-state index in [1.54, 1.807) is 0 Å². The van der Waals surface area contributed by atoms with Crippen molar-refractivity contribution in [3.8, 4) is 0 Å². The molecule has 2 atom stereocenters. The van der Waals surface area contributed by atoms with Crippen molar-refractivity contribution in [3.05, 3.63) is 6.33 Å². The molecule has 1 aromatic heterocycles. The smallest absolute Gasteiger partial charge is 0.155 e. The number of anilines is 3. The Morgan fingerprint density at radius 1 is 1.31 bits per heavy atom. The molecule has 0 aliphatic heterocycles. The van der Waals surface area contributed by atoms with Crippen molar-refractivity contribution in [2.45, 2.75) is 38.6 Å². The van der Waals surface area contributed by atoms with E-state index in [2.05, 4.69) is 22.2 Å². The van der Waals surface area contributed by atoms with E-state index in [1.807, 2.05) is 0 Å². The van der Waals surface area contributed by atoms with Gasteiger partial charge in [0.15, 0.2) is 11.6 Å². The SMILES string of the molecule is CC1CCCC(Nc2ncnc(N)c2N)C1. The molecule has 5 N–H and O–H groups in total. The monoisotopic (exact) mass is 221 g/mol. The second kappa shape index (κ2) is 4.55. The van der Waals surface area contributed by atoms with E-state index in [0.29, 0.717) is 23.4 Å². The van der Waals surface area contributed by atoms with Gasteiger partial charge in [-0.2, -0.15) is 0 Å². The zero-order valence-corrected chi connectivity index (χ0v) is 9.61. The van der Waals surface area contributed by atoms with Crippen LogP contribution in [0, 0.1) is 5.92 Å². The summed E-state index contributed by atoms with van der Waals surface area (Å²) in [4.78, 5) is 7.98. The van der Waals surface area contributed by atoms with Gasteiger partial charge in [-0.3, -0.25) is 0 Å². The molecular weight excluding hydrogens is 202 g/mol. The highest BCUT2D eigenvalue weighted by atomic mass is 15.1. The third-order valence-corrected chi connectivity index (χ3v) is 3.19. The van der Waals surface area contributed by atoms with Crippen LogP contribution in [0.15, 0.2) is 6.33 Å². The van der Waals surface area contributed by atoms with Crippen molar-refractivity contribution in [2.75, 3.05) is 16.8 Å². The lowest BCUT2D eigenvalue weighted by atomic mass is 9.87. The zero-order chi connectivity index (χ0) is 11.5. The molecule has 0 radical (unpaired) electrons. The molecule has 16 heavy (non-hydrogen) atoms. The standard InChI is InChI=1S/C11H19N5/c1-7-3-2-4-8(5-7)16-11-9(12)10(13)14-6-15-11/h6-8H,2-5,12H2,1H3,(H3,13,14,15,16). The van der Waals surface area contributed by atoms with E-state index < -0.39 is 0 Å². The van der Waals surface area contributed by atoms with Crippen molar-refractivity contribution in [1.29, 1.82) is 0 Å². The van der Waals surface area contributed by atoms with Crippen LogP contribution in [0.5, 0.6) is 0 Å². The molecule has 2 unspecified atom stereocenters. The van der Waals surface area contributed by atoms with Crippen molar-refractivity contribution in [1.82, 2.24) is 9.97 Å². The van der Waals surface area contributed by atoms with Gasteiger partial charge in [0.2, 0.25) is 0 Å². The highest BCUT2D eigenvalue weighted by Crippen LogP contribution is 2.28. The van der Waals surface area contributed by atoms with Crippen LogP contribution < -0.4 is 16.8 Å². The summed E-state index contributed by atoms with van der Waals surface area (Å²) in [5.41, 5.74) is 11.9. The normalized spacial score (nSPS) is 25.3. The van der Waals surface area contributed by atoms with Gasteiger partial charge < -0.3 is 16.8 Å². The number of nitrogens with two attached hydrogens (primary N) is 2. The summed E-state index contributed by atoms with van der Waals surface area (Å²) in [6, 6.07) is 0.459. The van der Waals surface area contributed by atoms with Gasteiger partial charge in [-0.05, 0) is 18.8 Å². The van der Waals surface area contributed by atoms with Crippen LogP contribution in [0.3, 0.4) is 0 Å². The van der Waals surface area contributed by atoms with Crippen molar-refractivity contribution < 1.29 is 0 Å². The molecule has 1 heterocycles. The molecule has 0 bridgehead atoms. The second-order valence-electron chi connectivity index (χ2n) is 4.63.